The fraction of sp³-hybridized carbons (Fsp3) is 0.741. The number of hydrogen-bond donors (Lipinski definition) is 1. The Morgan fingerprint density at radius 3 is 2.81 bits per heavy atom. The van der Waals surface area contributed by atoms with Gasteiger partial charge in [0, 0.05) is 37.1 Å². The smallest absolute Gasteiger partial charge is 0.223 e. The number of nitrogens with zero attached hydrogens (tertiary/aromatic N) is 1. The van der Waals surface area contributed by atoms with Gasteiger partial charge in [-0.3, -0.25) is 9.69 Å². The number of benzene rings is 1. The van der Waals surface area contributed by atoms with Gasteiger partial charge in [0.1, 0.15) is 5.75 Å². The molecule has 2 saturated carbocycles. The average molecular weight is 439 g/mol. The standard InChI is InChI=1S/C27H38N2O3/c1-31-22-9-8-21-16-24-27(10-2-3-15-32-27)26(23(21)17-22,11-13-28-25(30)20-6-7-20)12-14-29(24)18-19-4-5-19/h8-9,17,19-20,24H,2-7,10-16,18H2,1H3,(H,28,30)/t24-,26+,27-/m1/s1. The van der Waals surface area contributed by atoms with E-state index in [1.54, 1.807) is 7.11 Å². The summed E-state index contributed by atoms with van der Waals surface area (Å²) in [5.41, 5.74) is 2.69. The van der Waals surface area contributed by atoms with Gasteiger partial charge in [-0.05, 0) is 99.9 Å². The molecule has 0 unspecified atom stereocenters. The number of nitrogens with one attached hydrogen (secondary N) is 1. The molecule has 0 aromatic heterocycles. The van der Waals surface area contributed by atoms with Crippen LogP contribution in [-0.2, 0) is 21.4 Å². The van der Waals surface area contributed by atoms with Crippen LogP contribution < -0.4 is 10.1 Å². The van der Waals surface area contributed by atoms with Gasteiger partial charge in [-0.2, -0.15) is 0 Å². The van der Waals surface area contributed by atoms with Gasteiger partial charge in [0.15, 0.2) is 0 Å². The minimum absolute atomic E-state index is 0.0584. The normalized spacial score (nSPS) is 34.2. The van der Waals surface area contributed by atoms with Crippen molar-refractivity contribution in [2.24, 2.45) is 11.8 Å². The molecule has 174 valence electrons. The molecular formula is C27H38N2O3. The molecule has 1 N–H and O–H groups in total. The van der Waals surface area contributed by atoms with Crippen molar-refractivity contribution < 1.29 is 14.3 Å². The fourth-order valence-corrected chi connectivity index (χ4v) is 7.15. The van der Waals surface area contributed by atoms with Gasteiger partial charge in [0.2, 0.25) is 5.91 Å². The molecule has 2 bridgehead atoms. The lowest BCUT2D eigenvalue weighted by Crippen LogP contribution is -2.73. The van der Waals surface area contributed by atoms with E-state index in [1.807, 2.05) is 0 Å². The van der Waals surface area contributed by atoms with Crippen molar-refractivity contribution in [3.05, 3.63) is 29.3 Å². The maximum Gasteiger partial charge on any atom is 0.223 e. The second kappa shape index (κ2) is 8.02. The van der Waals surface area contributed by atoms with Crippen LogP contribution in [0.2, 0.25) is 0 Å². The Kier molecular flexibility index (Phi) is 5.26. The summed E-state index contributed by atoms with van der Waals surface area (Å²) in [6, 6.07) is 7.17. The second-order valence-electron chi connectivity index (χ2n) is 11.0. The van der Waals surface area contributed by atoms with E-state index in [0.717, 1.165) is 76.3 Å². The Morgan fingerprint density at radius 1 is 1.22 bits per heavy atom. The molecule has 32 heavy (non-hydrogen) atoms. The molecule has 1 aromatic carbocycles. The summed E-state index contributed by atoms with van der Waals surface area (Å²) in [6.45, 7) is 3.98. The molecule has 2 heterocycles. The molecule has 2 saturated heterocycles. The van der Waals surface area contributed by atoms with Crippen LogP contribution in [0.1, 0.15) is 68.9 Å². The van der Waals surface area contributed by atoms with E-state index in [0.29, 0.717) is 6.04 Å². The first-order valence-corrected chi connectivity index (χ1v) is 13.0. The van der Waals surface area contributed by atoms with Gasteiger partial charge in [-0.25, -0.2) is 0 Å². The predicted octanol–water partition coefficient (Wildman–Crippen LogP) is 3.83. The summed E-state index contributed by atoms with van der Waals surface area (Å²) >= 11 is 0. The summed E-state index contributed by atoms with van der Waals surface area (Å²) in [6.07, 6.45) is 11.6. The first-order valence-electron chi connectivity index (χ1n) is 13.0. The Bertz CT molecular complexity index is 872. The van der Waals surface area contributed by atoms with Crippen molar-refractivity contribution in [3.8, 4) is 5.75 Å². The monoisotopic (exact) mass is 438 g/mol. The maximum atomic E-state index is 12.4. The first kappa shape index (κ1) is 21.0. The van der Waals surface area contributed by atoms with Gasteiger partial charge in [0.25, 0.3) is 0 Å². The van der Waals surface area contributed by atoms with Crippen molar-refractivity contribution in [1.29, 1.82) is 0 Å². The SMILES string of the molecule is COc1ccc2c(c1)[C@]1(CCNC(=O)C3CC3)CCN(CC3CC3)[C@H](C2)[C@]12CCCCO2. The highest BCUT2D eigenvalue weighted by Gasteiger charge is 2.64. The molecular weight excluding hydrogens is 400 g/mol. The number of carbonyl (C=O) groups is 1. The second-order valence-corrected chi connectivity index (χ2v) is 11.0. The molecule has 5 nitrogen and oxygen atoms in total. The third kappa shape index (κ3) is 3.38. The van der Waals surface area contributed by atoms with Crippen molar-refractivity contribution in [2.75, 3.05) is 33.4 Å². The molecule has 4 fully saturated rings. The van der Waals surface area contributed by atoms with Gasteiger partial charge < -0.3 is 14.8 Å². The van der Waals surface area contributed by atoms with Crippen molar-refractivity contribution >= 4 is 5.91 Å². The van der Waals surface area contributed by atoms with E-state index in [4.69, 9.17) is 9.47 Å². The number of hydrogen-bond acceptors (Lipinski definition) is 4. The largest absolute Gasteiger partial charge is 0.497 e. The molecule has 3 atom stereocenters. The molecule has 1 spiro atoms. The highest BCUT2D eigenvalue weighted by atomic mass is 16.5. The van der Waals surface area contributed by atoms with E-state index >= 15 is 0 Å². The maximum absolute atomic E-state index is 12.4. The minimum atomic E-state index is -0.151. The third-order valence-electron chi connectivity index (χ3n) is 9.15. The molecule has 1 aromatic rings. The molecule has 5 aliphatic rings. The number of likely N-dealkylation sites (tertiary alicyclic amines) is 1. The van der Waals surface area contributed by atoms with Gasteiger partial charge in [-0.1, -0.05) is 6.07 Å². The molecule has 0 radical (unpaired) electrons. The molecule has 3 aliphatic carbocycles. The first-order chi connectivity index (χ1) is 15.6. The zero-order chi connectivity index (χ0) is 21.8. The van der Waals surface area contributed by atoms with E-state index in [-0.39, 0.29) is 22.8 Å². The topological polar surface area (TPSA) is 50.8 Å². The van der Waals surface area contributed by atoms with Crippen LogP contribution >= 0.6 is 0 Å². The van der Waals surface area contributed by atoms with E-state index in [2.05, 4.69) is 28.4 Å². The van der Waals surface area contributed by atoms with E-state index < -0.39 is 0 Å². The summed E-state index contributed by atoms with van der Waals surface area (Å²) in [7, 11) is 1.76. The Hall–Kier alpha value is -1.59. The van der Waals surface area contributed by atoms with E-state index in [1.165, 1.54) is 36.9 Å². The van der Waals surface area contributed by atoms with Crippen LogP contribution in [0.25, 0.3) is 0 Å². The highest BCUT2D eigenvalue weighted by Crippen LogP contribution is 2.58. The lowest BCUT2D eigenvalue weighted by molar-refractivity contribution is -0.204. The van der Waals surface area contributed by atoms with Gasteiger partial charge in [-0.15, -0.1) is 0 Å². The number of piperidine rings is 1. The predicted molar refractivity (Wildman–Crippen MR) is 124 cm³/mol. The lowest BCUT2D eigenvalue weighted by atomic mass is 9.51. The third-order valence-corrected chi connectivity index (χ3v) is 9.15. The molecule has 2 aliphatic heterocycles. The summed E-state index contributed by atoms with van der Waals surface area (Å²) in [4.78, 5) is 15.2. The van der Waals surface area contributed by atoms with Crippen LogP contribution in [0.15, 0.2) is 18.2 Å². The van der Waals surface area contributed by atoms with Crippen molar-refractivity contribution in [2.45, 2.75) is 81.3 Å². The quantitative estimate of drug-likeness (QED) is 0.703. The fourth-order valence-electron chi connectivity index (χ4n) is 7.15. The van der Waals surface area contributed by atoms with Gasteiger partial charge in [0.05, 0.1) is 12.7 Å². The summed E-state index contributed by atoms with van der Waals surface area (Å²) in [5.74, 6) is 2.34. The van der Waals surface area contributed by atoms with Crippen LogP contribution in [-0.4, -0.2) is 55.8 Å². The molecule has 6 rings (SSSR count). The van der Waals surface area contributed by atoms with Crippen LogP contribution in [0.4, 0.5) is 0 Å². The lowest BCUT2D eigenvalue weighted by Gasteiger charge is -2.65. The van der Waals surface area contributed by atoms with Crippen molar-refractivity contribution in [3.63, 3.8) is 0 Å². The number of methoxy groups -OCH3 is 1. The zero-order valence-corrected chi connectivity index (χ0v) is 19.5. The van der Waals surface area contributed by atoms with Crippen LogP contribution in [0.3, 0.4) is 0 Å². The number of ether oxygens (including phenoxy) is 2. The summed E-state index contributed by atoms with van der Waals surface area (Å²) in [5, 5.41) is 3.29. The zero-order valence-electron chi connectivity index (χ0n) is 19.5. The Balaban J connectivity index is 1.40. The van der Waals surface area contributed by atoms with Crippen molar-refractivity contribution in [1.82, 2.24) is 10.2 Å². The van der Waals surface area contributed by atoms with E-state index in [9.17, 15) is 4.79 Å². The minimum Gasteiger partial charge on any atom is -0.497 e. The Morgan fingerprint density at radius 2 is 2.09 bits per heavy atom. The average Bonchev–Trinajstić information content (AvgIpc) is 3.72. The molecule has 1 amide bonds. The highest BCUT2D eigenvalue weighted by molar-refractivity contribution is 5.80. The van der Waals surface area contributed by atoms with Crippen LogP contribution in [0, 0.1) is 11.8 Å². The van der Waals surface area contributed by atoms with Gasteiger partial charge >= 0.3 is 0 Å². The number of fused-ring (bicyclic) bond motifs is 2. The number of rotatable bonds is 7. The summed E-state index contributed by atoms with van der Waals surface area (Å²) < 4.78 is 12.6. The van der Waals surface area contributed by atoms with Crippen LogP contribution in [0.5, 0.6) is 5.75 Å². The molecule has 5 heteroatoms. The Labute approximate surface area is 192 Å². The number of carbonyl (C=O) groups excluding carboxylic acids is 1. The number of amides is 1.